The summed E-state index contributed by atoms with van der Waals surface area (Å²) in [5.41, 5.74) is 4.08. The number of thioether (sulfide) groups is 1. The van der Waals surface area contributed by atoms with Crippen LogP contribution in [0.5, 0.6) is 0 Å². The summed E-state index contributed by atoms with van der Waals surface area (Å²) in [6.45, 7) is 16.5. The number of nitrogens with zero attached hydrogens (tertiary/aromatic N) is 1. The van der Waals surface area contributed by atoms with Gasteiger partial charge in [0, 0.05) is 16.7 Å². The molecule has 0 aliphatic heterocycles. The van der Waals surface area contributed by atoms with Crippen LogP contribution in [0.15, 0.2) is 93.9 Å². The molecule has 0 saturated heterocycles. The van der Waals surface area contributed by atoms with Crippen LogP contribution in [0.3, 0.4) is 0 Å². The number of allylic oxidation sites excluding steroid dienone is 5. The largest absolute Gasteiger partial charge is 0.256 e. The van der Waals surface area contributed by atoms with Crippen LogP contribution < -0.4 is 0 Å². The maximum absolute atomic E-state index is 4.67. The van der Waals surface area contributed by atoms with Crippen molar-refractivity contribution in [2.24, 2.45) is 4.99 Å². The Morgan fingerprint density at radius 3 is 2.48 bits per heavy atom. The smallest absolute Gasteiger partial charge is 0.0627 e. The van der Waals surface area contributed by atoms with Crippen molar-refractivity contribution in [3.63, 3.8) is 0 Å². The van der Waals surface area contributed by atoms with Gasteiger partial charge in [0.15, 0.2) is 0 Å². The van der Waals surface area contributed by atoms with Crippen molar-refractivity contribution < 1.29 is 0 Å². The first-order valence-electron chi connectivity index (χ1n) is 10.1. The molecule has 2 aromatic rings. The first kappa shape index (κ1) is 22.7. The molecule has 0 aliphatic rings. The van der Waals surface area contributed by atoms with E-state index in [1.807, 2.05) is 12.3 Å². The second-order valence-corrected chi connectivity index (χ2v) is 8.00. The van der Waals surface area contributed by atoms with Gasteiger partial charge in [-0.3, -0.25) is 4.99 Å². The number of rotatable bonds is 9. The van der Waals surface area contributed by atoms with Gasteiger partial charge in [0.25, 0.3) is 0 Å². The molecule has 2 heteroatoms. The van der Waals surface area contributed by atoms with Gasteiger partial charge in [-0.15, -0.1) is 0 Å². The topological polar surface area (TPSA) is 12.4 Å². The summed E-state index contributed by atoms with van der Waals surface area (Å²) in [5.74, 6) is 0. The molecule has 0 fully saturated rings. The molecule has 0 bridgehead atoms. The molecule has 2 rings (SSSR count). The fourth-order valence-corrected chi connectivity index (χ4v) is 3.93. The average Bonchev–Trinajstić information content (AvgIpc) is 2.74. The minimum absolute atomic E-state index is 0.736. The summed E-state index contributed by atoms with van der Waals surface area (Å²) in [5, 5.41) is 2.44. The standard InChI is InChI=1S/C27H31NS/c1-7-11-15-26-25-17-13-12-16-24(25)23(18-27(26)29-20(5)9-3)19-28-21(6)22(10-4)14-8-2/h9-19H,4,6-8H2,1-3,5H3/b15-11+,20-9+,22-14+,28-19?. The second-order valence-electron chi connectivity index (χ2n) is 6.71. The maximum Gasteiger partial charge on any atom is 0.0627 e. The summed E-state index contributed by atoms with van der Waals surface area (Å²) in [6, 6.07) is 10.8. The van der Waals surface area contributed by atoms with E-state index < -0.39 is 0 Å². The zero-order chi connectivity index (χ0) is 21.2. The third kappa shape index (κ3) is 5.95. The van der Waals surface area contributed by atoms with Gasteiger partial charge in [0.1, 0.15) is 0 Å². The van der Waals surface area contributed by atoms with Crippen molar-refractivity contribution in [2.75, 3.05) is 0 Å². The van der Waals surface area contributed by atoms with Gasteiger partial charge in [-0.1, -0.05) is 93.4 Å². The molecule has 1 nitrogen and oxygen atoms in total. The highest BCUT2D eigenvalue weighted by molar-refractivity contribution is 8.03. The van der Waals surface area contributed by atoms with E-state index in [-0.39, 0.29) is 0 Å². The number of fused-ring (bicyclic) bond motifs is 1. The highest BCUT2D eigenvalue weighted by atomic mass is 32.2. The molecular formula is C27H31NS. The summed E-state index contributed by atoms with van der Waals surface area (Å²) >= 11 is 1.80. The van der Waals surface area contributed by atoms with Crippen LogP contribution in [-0.2, 0) is 0 Å². The van der Waals surface area contributed by atoms with Gasteiger partial charge in [0.2, 0.25) is 0 Å². The molecule has 0 aliphatic carbocycles. The average molecular weight is 402 g/mol. The third-order valence-corrected chi connectivity index (χ3v) is 5.73. The normalized spacial score (nSPS) is 13.0. The van der Waals surface area contributed by atoms with E-state index >= 15 is 0 Å². The molecule has 0 N–H and O–H groups in total. The van der Waals surface area contributed by atoms with E-state index in [4.69, 9.17) is 0 Å². The van der Waals surface area contributed by atoms with Crippen molar-refractivity contribution in [2.45, 2.75) is 45.4 Å². The Bertz CT molecular complexity index is 1000. The monoisotopic (exact) mass is 401 g/mol. The van der Waals surface area contributed by atoms with E-state index in [1.165, 1.54) is 26.1 Å². The Kier molecular flexibility index (Phi) is 8.95. The molecule has 29 heavy (non-hydrogen) atoms. The molecular weight excluding hydrogens is 370 g/mol. The predicted molar refractivity (Wildman–Crippen MR) is 134 cm³/mol. The van der Waals surface area contributed by atoms with Crippen LogP contribution in [0, 0.1) is 0 Å². The maximum atomic E-state index is 4.67. The second kappa shape index (κ2) is 11.4. The lowest BCUT2D eigenvalue weighted by Gasteiger charge is -2.13. The van der Waals surface area contributed by atoms with Crippen LogP contribution in [0.2, 0.25) is 0 Å². The molecule has 150 valence electrons. The van der Waals surface area contributed by atoms with Crippen LogP contribution in [0.1, 0.15) is 51.7 Å². The van der Waals surface area contributed by atoms with Gasteiger partial charge in [-0.2, -0.15) is 0 Å². The lowest BCUT2D eigenvalue weighted by Crippen LogP contribution is -1.92. The molecule has 0 atom stereocenters. The van der Waals surface area contributed by atoms with Crippen molar-refractivity contribution >= 4 is 34.8 Å². The zero-order valence-electron chi connectivity index (χ0n) is 18.0. The Morgan fingerprint density at radius 2 is 1.86 bits per heavy atom. The third-order valence-electron chi connectivity index (χ3n) is 4.61. The molecule has 0 spiro atoms. The van der Waals surface area contributed by atoms with Crippen molar-refractivity contribution in [1.29, 1.82) is 0 Å². The number of hydrogen-bond donors (Lipinski definition) is 0. The summed E-state index contributed by atoms with van der Waals surface area (Å²) < 4.78 is 0. The first-order chi connectivity index (χ1) is 14.0. The molecule has 0 radical (unpaired) electrons. The predicted octanol–water partition coefficient (Wildman–Crippen LogP) is 8.73. The quantitative estimate of drug-likeness (QED) is 0.232. The molecule has 0 saturated carbocycles. The lowest BCUT2D eigenvalue weighted by atomic mass is 9.99. The summed E-state index contributed by atoms with van der Waals surface area (Å²) in [7, 11) is 0. The number of aliphatic imine (C=N–C) groups is 1. The highest BCUT2D eigenvalue weighted by Crippen LogP contribution is 2.36. The number of hydrogen-bond acceptors (Lipinski definition) is 2. The lowest BCUT2D eigenvalue weighted by molar-refractivity contribution is 1.19. The van der Waals surface area contributed by atoms with E-state index in [9.17, 15) is 0 Å². The fraction of sp³-hybridized carbons (Fsp3) is 0.222. The minimum atomic E-state index is 0.736. The van der Waals surface area contributed by atoms with Crippen molar-refractivity contribution in [1.82, 2.24) is 0 Å². The zero-order valence-corrected chi connectivity index (χ0v) is 18.9. The first-order valence-corrected chi connectivity index (χ1v) is 11.0. The van der Waals surface area contributed by atoms with Gasteiger partial charge in [-0.25, -0.2) is 0 Å². The van der Waals surface area contributed by atoms with Gasteiger partial charge in [0.05, 0.1) is 5.70 Å². The summed E-state index contributed by atoms with van der Waals surface area (Å²) in [6.07, 6.45) is 14.4. The van der Waals surface area contributed by atoms with E-state index in [0.717, 1.165) is 29.7 Å². The molecule has 0 aromatic heterocycles. The van der Waals surface area contributed by atoms with Crippen molar-refractivity contribution in [3.05, 3.63) is 95.1 Å². The van der Waals surface area contributed by atoms with Crippen LogP contribution in [0.4, 0.5) is 0 Å². The van der Waals surface area contributed by atoms with Crippen molar-refractivity contribution in [3.8, 4) is 0 Å². The van der Waals surface area contributed by atoms with Gasteiger partial charge < -0.3 is 0 Å². The number of benzene rings is 2. The Labute approximate surface area is 180 Å². The Balaban J connectivity index is 2.65. The van der Waals surface area contributed by atoms with E-state index in [1.54, 1.807) is 11.8 Å². The SMILES string of the molecule is C=C/C(=C\CC)C(=C)N=Cc1cc(S/C(C)=C/C)c(/C=C/CC)c2ccccc12. The molecule has 0 heterocycles. The molecule has 0 unspecified atom stereocenters. The highest BCUT2D eigenvalue weighted by Gasteiger charge is 2.11. The van der Waals surface area contributed by atoms with Crippen LogP contribution in [0.25, 0.3) is 16.8 Å². The van der Waals surface area contributed by atoms with E-state index in [2.05, 4.69) is 100 Å². The van der Waals surface area contributed by atoms with Gasteiger partial charge in [-0.05, 0) is 59.6 Å². The Morgan fingerprint density at radius 1 is 1.14 bits per heavy atom. The minimum Gasteiger partial charge on any atom is -0.256 e. The molecule has 2 aromatic carbocycles. The van der Waals surface area contributed by atoms with Crippen LogP contribution >= 0.6 is 11.8 Å². The van der Waals surface area contributed by atoms with E-state index in [0.29, 0.717) is 0 Å². The summed E-state index contributed by atoms with van der Waals surface area (Å²) in [4.78, 5) is 7.18. The van der Waals surface area contributed by atoms with Gasteiger partial charge >= 0.3 is 0 Å². The fourth-order valence-electron chi connectivity index (χ4n) is 2.99. The Hall–Kier alpha value is -2.58. The molecule has 0 amide bonds. The van der Waals surface area contributed by atoms with Crippen LogP contribution in [-0.4, -0.2) is 6.21 Å².